The predicted molar refractivity (Wildman–Crippen MR) is 60.3 cm³/mol. The van der Waals surface area contributed by atoms with E-state index in [1.165, 1.54) is 4.90 Å². The van der Waals surface area contributed by atoms with Crippen LogP contribution in [0.2, 0.25) is 0 Å². The second-order valence-electron chi connectivity index (χ2n) is 4.17. The first kappa shape index (κ1) is 13.5. The lowest BCUT2D eigenvalue weighted by Crippen LogP contribution is -2.45. The fraction of sp³-hybridized carbons (Fsp3) is 0.727. The Hall–Kier alpha value is -1.59. The highest BCUT2D eigenvalue weighted by atomic mass is 16.4. The first-order valence-electron chi connectivity index (χ1n) is 5.84. The van der Waals surface area contributed by atoms with Crippen LogP contribution in [0.25, 0.3) is 0 Å². The number of aliphatic carboxylic acids is 1. The molecule has 2 N–H and O–H groups in total. The Bertz CT molecular complexity index is 317. The quantitative estimate of drug-likeness (QED) is 0.685. The Morgan fingerprint density at radius 1 is 1.53 bits per heavy atom. The van der Waals surface area contributed by atoms with Crippen molar-refractivity contribution in [1.29, 1.82) is 0 Å². The number of nitrogens with one attached hydrogen (secondary N) is 1. The van der Waals surface area contributed by atoms with Crippen LogP contribution in [0, 0.1) is 0 Å². The Morgan fingerprint density at radius 2 is 2.24 bits per heavy atom. The van der Waals surface area contributed by atoms with Gasteiger partial charge in [0.05, 0.1) is 6.54 Å². The maximum atomic E-state index is 11.6. The van der Waals surface area contributed by atoms with Gasteiger partial charge < -0.3 is 15.3 Å². The molecule has 0 saturated carbocycles. The third kappa shape index (κ3) is 4.05. The van der Waals surface area contributed by atoms with Gasteiger partial charge in [0.15, 0.2) is 0 Å². The van der Waals surface area contributed by atoms with Gasteiger partial charge in [0.1, 0.15) is 6.04 Å². The molecule has 17 heavy (non-hydrogen) atoms. The zero-order chi connectivity index (χ0) is 12.8. The minimum atomic E-state index is -1.03. The van der Waals surface area contributed by atoms with Crippen molar-refractivity contribution in [3.8, 4) is 0 Å². The van der Waals surface area contributed by atoms with Crippen molar-refractivity contribution >= 4 is 17.8 Å². The van der Waals surface area contributed by atoms with E-state index in [2.05, 4.69) is 5.32 Å². The van der Waals surface area contributed by atoms with Crippen LogP contribution in [-0.4, -0.2) is 46.9 Å². The Morgan fingerprint density at radius 3 is 2.71 bits per heavy atom. The Labute approximate surface area is 100.0 Å². The fourth-order valence-electron chi connectivity index (χ4n) is 1.83. The highest BCUT2D eigenvalue weighted by molar-refractivity contribution is 5.88. The molecule has 1 fully saturated rings. The molecular weight excluding hydrogens is 224 g/mol. The lowest BCUT2D eigenvalue weighted by atomic mass is 10.1. The van der Waals surface area contributed by atoms with Crippen LogP contribution in [0.15, 0.2) is 0 Å². The average Bonchev–Trinajstić information content (AvgIpc) is 2.63. The van der Waals surface area contributed by atoms with Crippen LogP contribution < -0.4 is 5.32 Å². The van der Waals surface area contributed by atoms with Gasteiger partial charge in [0, 0.05) is 13.0 Å². The van der Waals surface area contributed by atoms with Crippen LogP contribution in [0.5, 0.6) is 0 Å². The summed E-state index contributed by atoms with van der Waals surface area (Å²) in [6.45, 7) is 2.40. The summed E-state index contributed by atoms with van der Waals surface area (Å²) in [5.74, 6) is -1.48. The molecule has 0 unspecified atom stereocenters. The van der Waals surface area contributed by atoms with Crippen LogP contribution in [-0.2, 0) is 14.4 Å². The summed E-state index contributed by atoms with van der Waals surface area (Å²) < 4.78 is 0. The van der Waals surface area contributed by atoms with Gasteiger partial charge >= 0.3 is 5.97 Å². The van der Waals surface area contributed by atoms with Gasteiger partial charge in [-0.2, -0.15) is 0 Å². The number of hydrogen-bond acceptors (Lipinski definition) is 3. The fourth-order valence-corrected chi connectivity index (χ4v) is 1.83. The van der Waals surface area contributed by atoms with E-state index in [1.807, 2.05) is 6.92 Å². The van der Waals surface area contributed by atoms with E-state index in [0.717, 1.165) is 6.42 Å². The topological polar surface area (TPSA) is 86.7 Å². The largest absolute Gasteiger partial charge is 0.480 e. The molecule has 0 aromatic rings. The van der Waals surface area contributed by atoms with Crippen molar-refractivity contribution in [2.45, 2.75) is 38.6 Å². The molecule has 1 aliphatic heterocycles. The molecule has 2 amide bonds. The highest BCUT2D eigenvalue weighted by Crippen LogP contribution is 2.08. The third-order valence-electron chi connectivity index (χ3n) is 2.72. The van der Waals surface area contributed by atoms with Crippen LogP contribution in [0.4, 0.5) is 0 Å². The van der Waals surface area contributed by atoms with Gasteiger partial charge in [-0.25, -0.2) is 4.79 Å². The third-order valence-corrected chi connectivity index (χ3v) is 2.72. The molecule has 6 nitrogen and oxygen atoms in total. The van der Waals surface area contributed by atoms with Crippen LogP contribution in [0.3, 0.4) is 0 Å². The molecule has 1 heterocycles. The van der Waals surface area contributed by atoms with E-state index in [-0.39, 0.29) is 12.5 Å². The summed E-state index contributed by atoms with van der Waals surface area (Å²) >= 11 is 0. The smallest absolute Gasteiger partial charge is 0.326 e. The summed E-state index contributed by atoms with van der Waals surface area (Å²) in [4.78, 5) is 35.1. The number of nitrogens with zero attached hydrogens (tertiary/aromatic N) is 1. The van der Waals surface area contributed by atoms with Crippen molar-refractivity contribution in [2.24, 2.45) is 0 Å². The zero-order valence-corrected chi connectivity index (χ0v) is 9.94. The molecular formula is C11H18N2O4. The average molecular weight is 242 g/mol. The molecule has 0 bridgehead atoms. The molecule has 0 aromatic heterocycles. The molecule has 6 heteroatoms. The Balaban J connectivity index is 2.41. The summed E-state index contributed by atoms with van der Waals surface area (Å²) in [5, 5.41) is 11.3. The van der Waals surface area contributed by atoms with E-state index >= 15 is 0 Å². The van der Waals surface area contributed by atoms with Gasteiger partial charge in [-0.05, 0) is 12.8 Å². The molecule has 96 valence electrons. The van der Waals surface area contributed by atoms with Crippen molar-refractivity contribution in [3.05, 3.63) is 0 Å². The first-order valence-corrected chi connectivity index (χ1v) is 5.84. The number of carboxylic acids is 1. The van der Waals surface area contributed by atoms with E-state index in [9.17, 15) is 14.4 Å². The van der Waals surface area contributed by atoms with Crippen LogP contribution in [0.1, 0.15) is 32.6 Å². The molecule has 0 aromatic carbocycles. The summed E-state index contributed by atoms with van der Waals surface area (Å²) in [6, 6.07) is -0.856. The first-order chi connectivity index (χ1) is 8.04. The SMILES string of the molecule is CCC[C@H](NC(=O)CN1CCCC1=O)C(=O)O. The number of carbonyl (C=O) groups excluding carboxylic acids is 2. The second kappa shape index (κ2) is 6.22. The standard InChI is InChI=1S/C11H18N2O4/c1-2-4-8(11(16)17)12-9(14)7-13-6-3-5-10(13)15/h8H,2-7H2,1H3,(H,12,14)(H,16,17)/t8-/m0/s1. The Kier molecular flexibility index (Phi) is 4.93. The maximum Gasteiger partial charge on any atom is 0.326 e. The number of amides is 2. The zero-order valence-electron chi connectivity index (χ0n) is 9.94. The van der Waals surface area contributed by atoms with Crippen LogP contribution >= 0.6 is 0 Å². The molecule has 1 aliphatic rings. The normalized spacial score (nSPS) is 17.0. The van der Waals surface area contributed by atoms with Gasteiger partial charge in [0.2, 0.25) is 11.8 Å². The number of hydrogen-bond donors (Lipinski definition) is 2. The number of carboxylic acid groups (broad SMARTS) is 1. The lowest BCUT2D eigenvalue weighted by molar-refractivity contribution is -0.142. The van der Waals surface area contributed by atoms with Gasteiger partial charge in [-0.3, -0.25) is 9.59 Å². The number of likely N-dealkylation sites (tertiary alicyclic amines) is 1. The monoisotopic (exact) mass is 242 g/mol. The van der Waals surface area contributed by atoms with Crippen molar-refractivity contribution < 1.29 is 19.5 Å². The summed E-state index contributed by atoms with van der Waals surface area (Å²) in [6.07, 6.45) is 2.32. The maximum absolute atomic E-state index is 11.6. The lowest BCUT2D eigenvalue weighted by Gasteiger charge is -2.18. The van der Waals surface area contributed by atoms with E-state index < -0.39 is 17.9 Å². The number of carbonyl (C=O) groups is 3. The minimum absolute atomic E-state index is 0.0354. The van der Waals surface area contributed by atoms with Crippen molar-refractivity contribution in [1.82, 2.24) is 10.2 Å². The second-order valence-corrected chi connectivity index (χ2v) is 4.17. The predicted octanol–water partition coefficient (Wildman–Crippen LogP) is -0.0217. The molecule has 0 radical (unpaired) electrons. The molecule has 1 rings (SSSR count). The van der Waals surface area contributed by atoms with Crippen molar-refractivity contribution in [2.75, 3.05) is 13.1 Å². The summed E-state index contributed by atoms with van der Waals surface area (Å²) in [5.41, 5.74) is 0. The van der Waals surface area contributed by atoms with E-state index in [1.54, 1.807) is 0 Å². The molecule has 1 saturated heterocycles. The molecule has 0 spiro atoms. The van der Waals surface area contributed by atoms with E-state index in [0.29, 0.717) is 25.8 Å². The van der Waals surface area contributed by atoms with Crippen molar-refractivity contribution in [3.63, 3.8) is 0 Å². The molecule has 1 atom stereocenters. The minimum Gasteiger partial charge on any atom is -0.480 e. The van der Waals surface area contributed by atoms with E-state index in [4.69, 9.17) is 5.11 Å². The van der Waals surface area contributed by atoms with Gasteiger partial charge in [-0.1, -0.05) is 13.3 Å². The summed E-state index contributed by atoms with van der Waals surface area (Å²) in [7, 11) is 0. The van der Waals surface area contributed by atoms with Gasteiger partial charge in [-0.15, -0.1) is 0 Å². The highest BCUT2D eigenvalue weighted by Gasteiger charge is 2.24. The van der Waals surface area contributed by atoms with Gasteiger partial charge in [0.25, 0.3) is 0 Å². The molecule has 0 aliphatic carbocycles. The number of rotatable bonds is 6.